The predicted molar refractivity (Wildman–Crippen MR) is 137 cm³/mol. The van der Waals surface area contributed by atoms with Gasteiger partial charge in [-0.1, -0.05) is 66.7 Å². The van der Waals surface area contributed by atoms with Crippen LogP contribution in [-0.4, -0.2) is 61.2 Å². The van der Waals surface area contributed by atoms with E-state index in [2.05, 4.69) is 38.1 Å². The van der Waals surface area contributed by atoms with Gasteiger partial charge < -0.3 is 15.2 Å². The Hall–Kier alpha value is -4.86. The van der Waals surface area contributed by atoms with Crippen LogP contribution in [0.25, 0.3) is 11.1 Å². The van der Waals surface area contributed by atoms with Crippen molar-refractivity contribution in [2.75, 3.05) is 6.61 Å². The molecule has 10 heteroatoms. The molecule has 1 aliphatic heterocycles. The van der Waals surface area contributed by atoms with E-state index >= 15 is 0 Å². The highest BCUT2D eigenvalue weighted by molar-refractivity contribution is 5.82. The molecule has 10 nitrogen and oxygen atoms in total. The Morgan fingerprint density at radius 1 is 0.974 bits per heavy atom. The van der Waals surface area contributed by atoms with Crippen molar-refractivity contribution in [3.63, 3.8) is 0 Å². The fraction of sp³-hybridized carbons (Fsp3) is 0.214. The molecule has 2 aliphatic rings. The van der Waals surface area contributed by atoms with E-state index in [0.717, 1.165) is 33.5 Å². The molecule has 6 rings (SSSR count). The Bertz CT molecular complexity index is 1490. The Labute approximate surface area is 218 Å². The van der Waals surface area contributed by atoms with Gasteiger partial charge in [0.15, 0.2) is 6.21 Å². The normalized spacial score (nSPS) is 16.2. The van der Waals surface area contributed by atoms with Crippen LogP contribution < -0.4 is 5.32 Å². The van der Waals surface area contributed by atoms with Crippen LogP contribution in [0.3, 0.4) is 0 Å². The van der Waals surface area contributed by atoms with Crippen LogP contribution in [0.15, 0.2) is 72.8 Å². The zero-order valence-electron chi connectivity index (χ0n) is 20.3. The monoisotopic (exact) mass is 509 g/mol. The summed E-state index contributed by atoms with van der Waals surface area (Å²) in [7, 11) is 0. The molecule has 0 spiro atoms. The molecule has 1 aromatic heterocycles. The van der Waals surface area contributed by atoms with Crippen molar-refractivity contribution in [3.05, 3.63) is 95.3 Å². The van der Waals surface area contributed by atoms with Crippen LogP contribution in [0.4, 0.5) is 10.5 Å². The Morgan fingerprint density at radius 2 is 1.63 bits per heavy atom. The van der Waals surface area contributed by atoms with Gasteiger partial charge in [0.2, 0.25) is 18.1 Å². The van der Waals surface area contributed by atoms with Crippen LogP contribution in [0.2, 0.25) is 0 Å². The van der Waals surface area contributed by atoms with E-state index in [1.165, 1.54) is 0 Å². The van der Waals surface area contributed by atoms with Crippen molar-refractivity contribution in [2.24, 2.45) is 0 Å². The number of aromatic nitrogens is 4. The number of aromatic amines is 1. The van der Waals surface area contributed by atoms with Gasteiger partial charge in [-0.3, -0.25) is 0 Å². The molecule has 2 heterocycles. The van der Waals surface area contributed by atoms with Gasteiger partial charge in [0, 0.05) is 17.5 Å². The van der Waals surface area contributed by atoms with Crippen molar-refractivity contribution < 1.29 is 24.0 Å². The number of para-hydroxylation sites is 1. The Morgan fingerprint density at radius 3 is 2.29 bits per heavy atom. The molecule has 1 amide bonds. The van der Waals surface area contributed by atoms with Gasteiger partial charge in [-0.25, -0.2) is 9.59 Å². The van der Waals surface area contributed by atoms with Crippen molar-refractivity contribution in [2.45, 2.75) is 30.8 Å². The van der Waals surface area contributed by atoms with Gasteiger partial charge in [0.25, 0.3) is 0 Å². The quantitative estimate of drug-likeness (QED) is 0.309. The SMILES string of the molecule is O=C(N[C@@H](CC1C=[N+](Cc2nn[nH]n2)c2ccccc21)C(=O)O)OCC1c2ccccc2-c2ccccc21. The number of carboxylic acids is 1. The molecule has 0 saturated heterocycles. The summed E-state index contributed by atoms with van der Waals surface area (Å²) in [5.74, 6) is -0.942. The highest BCUT2D eigenvalue weighted by Crippen LogP contribution is 2.44. The van der Waals surface area contributed by atoms with E-state index in [4.69, 9.17) is 4.74 Å². The number of carbonyl (C=O) groups excluding carboxylic acids is 1. The molecule has 0 saturated carbocycles. The van der Waals surface area contributed by atoms with Crippen LogP contribution in [0.5, 0.6) is 0 Å². The second kappa shape index (κ2) is 9.89. The summed E-state index contributed by atoms with van der Waals surface area (Å²) in [6.45, 7) is 0.505. The molecule has 190 valence electrons. The van der Waals surface area contributed by atoms with E-state index in [1.807, 2.05) is 71.5 Å². The number of aliphatic carboxylic acids is 1. The van der Waals surface area contributed by atoms with E-state index in [9.17, 15) is 14.7 Å². The topological polar surface area (TPSA) is 133 Å². The van der Waals surface area contributed by atoms with Crippen LogP contribution in [0.1, 0.15) is 40.8 Å². The lowest BCUT2D eigenvalue weighted by Gasteiger charge is -2.18. The maximum atomic E-state index is 12.8. The number of hydrogen-bond acceptors (Lipinski definition) is 6. The number of carbonyl (C=O) groups is 2. The number of rotatable bonds is 8. The predicted octanol–water partition coefficient (Wildman–Crippen LogP) is 3.59. The highest BCUT2D eigenvalue weighted by Gasteiger charge is 2.36. The average molecular weight is 510 g/mol. The number of nitrogens with one attached hydrogen (secondary N) is 2. The number of amides is 1. The number of H-pyrrole nitrogens is 1. The minimum absolute atomic E-state index is 0.106. The molecule has 0 fully saturated rings. The summed E-state index contributed by atoms with van der Waals surface area (Å²) in [6, 6.07) is 22.7. The van der Waals surface area contributed by atoms with Gasteiger partial charge in [0.05, 0.1) is 5.92 Å². The molecule has 2 atom stereocenters. The largest absolute Gasteiger partial charge is 0.480 e. The number of tetrazole rings is 1. The van der Waals surface area contributed by atoms with Crippen molar-refractivity contribution in [1.29, 1.82) is 0 Å². The van der Waals surface area contributed by atoms with Gasteiger partial charge in [-0.15, -0.1) is 10.2 Å². The number of fused-ring (bicyclic) bond motifs is 4. The summed E-state index contributed by atoms with van der Waals surface area (Å²) in [5, 5.41) is 26.5. The molecular weight excluding hydrogens is 484 g/mol. The first-order chi connectivity index (χ1) is 18.6. The fourth-order valence-electron chi connectivity index (χ4n) is 5.43. The average Bonchev–Trinajstić information content (AvgIpc) is 3.65. The molecule has 0 radical (unpaired) electrons. The second-order valence-electron chi connectivity index (χ2n) is 9.37. The van der Waals surface area contributed by atoms with Crippen LogP contribution in [0, 0.1) is 0 Å². The number of ether oxygens (including phenoxy) is 1. The zero-order chi connectivity index (χ0) is 26.1. The number of nitrogens with zero attached hydrogens (tertiary/aromatic N) is 4. The molecule has 38 heavy (non-hydrogen) atoms. The lowest BCUT2D eigenvalue weighted by Crippen LogP contribution is -2.42. The lowest BCUT2D eigenvalue weighted by molar-refractivity contribution is -0.452. The van der Waals surface area contributed by atoms with Gasteiger partial charge in [-0.2, -0.15) is 9.79 Å². The Balaban J connectivity index is 1.14. The van der Waals surface area contributed by atoms with Crippen LogP contribution >= 0.6 is 0 Å². The second-order valence-corrected chi connectivity index (χ2v) is 9.37. The van der Waals surface area contributed by atoms with Crippen molar-refractivity contribution in [3.8, 4) is 11.1 Å². The highest BCUT2D eigenvalue weighted by atomic mass is 16.5. The van der Waals surface area contributed by atoms with E-state index < -0.39 is 18.1 Å². The van der Waals surface area contributed by atoms with Crippen LogP contribution in [-0.2, 0) is 16.1 Å². The van der Waals surface area contributed by atoms with E-state index in [0.29, 0.717) is 12.4 Å². The van der Waals surface area contributed by atoms with Gasteiger partial charge in [-0.05, 0) is 33.9 Å². The van der Waals surface area contributed by atoms with Crippen molar-refractivity contribution >= 4 is 24.0 Å². The minimum atomic E-state index is -1.13. The van der Waals surface area contributed by atoms with Gasteiger partial charge in [0.1, 0.15) is 12.6 Å². The van der Waals surface area contributed by atoms with E-state index in [1.54, 1.807) is 0 Å². The maximum absolute atomic E-state index is 12.8. The van der Waals surface area contributed by atoms with Gasteiger partial charge >= 0.3 is 12.1 Å². The molecule has 4 aromatic rings. The van der Waals surface area contributed by atoms with E-state index in [-0.39, 0.29) is 24.9 Å². The molecule has 1 aliphatic carbocycles. The summed E-state index contributed by atoms with van der Waals surface area (Å²) in [5.41, 5.74) is 6.34. The van der Waals surface area contributed by atoms with Crippen molar-refractivity contribution in [1.82, 2.24) is 25.9 Å². The first-order valence-corrected chi connectivity index (χ1v) is 12.4. The third-order valence-corrected chi connectivity index (χ3v) is 7.13. The first kappa shape index (κ1) is 23.5. The summed E-state index contributed by atoms with van der Waals surface area (Å²) in [6.07, 6.45) is 1.35. The summed E-state index contributed by atoms with van der Waals surface area (Å²) in [4.78, 5) is 24.9. The minimum Gasteiger partial charge on any atom is -0.480 e. The smallest absolute Gasteiger partial charge is 0.407 e. The zero-order valence-corrected chi connectivity index (χ0v) is 20.3. The molecule has 3 aromatic carbocycles. The number of carboxylic acid groups (broad SMARTS) is 1. The first-order valence-electron chi connectivity index (χ1n) is 12.4. The third kappa shape index (κ3) is 4.40. The molecule has 0 bridgehead atoms. The molecule has 3 N–H and O–H groups in total. The lowest BCUT2D eigenvalue weighted by atomic mass is 9.94. The number of hydrogen-bond donors (Lipinski definition) is 3. The summed E-state index contributed by atoms with van der Waals surface area (Å²) >= 11 is 0. The summed E-state index contributed by atoms with van der Waals surface area (Å²) < 4.78 is 7.55. The molecular formula is C28H25N6O4+. The molecule has 1 unspecified atom stereocenters. The Kier molecular flexibility index (Phi) is 6.12. The third-order valence-electron chi connectivity index (χ3n) is 7.13. The number of alkyl carbamates (subject to hydrolysis) is 1. The number of benzene rings is 3. The fourth-order valence-corrected chi connectivity index (χ4v) is 5.43. The standard InChI is InChI=1S/C28H24N6O4/c35-27(36)24(13-17-14-34(15-26-30-32-33-31-26)25-12-6-5-7-18(17)25)29-28(37)38-16-23-21-10-3-1-8-19(21)20-9-2-4-11-22(20)23/h1-12,14,17,23-24H,13,15-16H2,(H2-,29,30,31,32,33,35,36,37)/p+1/t17?,24-/m0/s1. The maximum Gasteiger partial charge on any atom is 0.407 e.